The molecule has 0 amide bonds. The van der Waals surface area contributed by atoms with Crippen molar-refractivity contribution in [3.8, 4) is 0 Å². The third-order valence-electron chi connectivity index (χ3n) is 3.99. The number of hydrogen-bond acceptors (Lipinski definition) is 3. The van der Waals surface area contributed by atoms with Crippen LogP contribution in [-0.4, -0.2) is 33.7 Å². The molecule has 0 radical (unpaired) electrons. The third-order valence-corrected chi connectivity index (χ3v) is 6.37. The summed E-state index contributed by atoms with van der Waals surface area (Å²) in [6, 6.07) is 13.7. The van der Waals surface area contributed by atoms with Crippen molar-refractivity contribution in [2.24, 2.45) is 4.99 Å². The highest BCUT2D eigenvalue weighted by Crippen LogP contribution is 2.25. The topological polar surface area (TPSA) is 70.6 Å². The Morgan fingerprint density at radius 3 is 2.43 bits per heavy atom. The molecule has 2 rings (SSSR count). The Morgan fingerprint density at radius 2 is 1.82 bits per heavy atom. The minimum atomic E-state index is -3.27. The maximum absolute atomic E-state index is 12.3. The van der Waals surface area contributed by atoms with E-state index >= 15 is 0 Å². The summed E-state index contributed by atoms with van der Waals surface area (Å²) in [6.07, 6.45) is 0.466. The minimum Gasteiger partial charge on any atom is -0.356 e. The van der Waals surface area contributed by atoms with Gasteiger partial charge in [-0.15, -0.1) is 24.0 Å². The predicted molar refractivity (Wildman–Crippen MR) is 128 cm³/mol. The molecule has 1 atom stereocenters. The van der Waals surface area contributed by atoms with Crippen LogP contribution in [-0.2, 0) is 9.84 Å². The van der Waals surface area contributed by atoms with Gasteiger partial charge in [0.1, 0.15) is 0 Å². The zero-order chi connectivity index (χ0) is 19.9. The lowest BCUT2D eigenvalue weighted by Gasteiger charge is -2.19. The van der Waals surface area contributed by atoms with Gasteiger partial charge in [-0.3, -0.25) is 4.99 Å². The molecule has 0 aromatic heterocycles. The van der Waals surface area contributed by atoms with Gasteiger partial charge in [-0.1, -0.05) is 47.5 Å². The summed E-state index contributed by atoms with van der Waals surface area (Å²) in [6.45, 7) is 2.44. The second-order valence-corrected chi connectivity index (χ2v) is 8.97. The maximum atomic E-state index is 12.3. The van der Waals surface area contributed by atoms with Crippen LogP contribution in [0.5, 0.6) is 0 Å². The number of guanidine groups is 1. The molecule has 0 bridgehead atoms. The fourth-order valence-corrected chi connectivity index (χ4v) is 4.45. The van der Waals surface area contributed by atoms with Crippen molar-refractivity contribution in [2.45, 2.75) is 24.3 Å². The molecule has 0 fully saturated rings. The number of benzene rings is 2. The zero-order valence-corrected chi connectivity index (χ0v) is 20.3. The first kappa shape index (κ1) is 25.0. The second-order valence-electron chi connectivity index (χ2n) is 6.02. The van der Waals surface area contributed by atoms with E-state index in [4.69, 9.17) is 23.2 Å². The fourth-order valence-electron chi connectivity index (χ4n) is 2.54. The number of nitrogens with zero attached hydrogens (tertiary/aromatic N) is 1. The van der Waals surface area contributed by atoms with E-state index in [1.807, 2.05) is 13.0 Å². The Labute approximate surface area is 193 Å². The van der Waals surface area contributed by atoms with E-state index in [1.165, 1.54) is 0 Å². The van der Waals surface area contributed by atoms with Gasteiger partial charge in [0.2, 0.25) is 0 Å². The quantitative estimate of drug-likeness (QED) is 0.225. The number of sulfone groups is 1. The van der Waals surface area contributed by atoms with Crippen LogP contribution in [0.2, 0.25) is 10.0 Å². The Hall–Kier alpha value is -1.03. The summed E-state index contributed by atoms with van der Waals surface area (Å²) >= 11 is 12.2. The molecule has 2 N–H and O–H groups in total. The van der Waals surface area contributed by atoms with Gasteiger partial charge in [0.05, 0.1) is 16.7 Å². The Kier molecular flexibility index (Phi) is 10.6. The van der Waals surface area contributed by atoms with E-state index in [-0.39, 0.29) is 35.8 Å². The molecule has 2 aromatic rings. The van der Waals surface area contributed by atoms with Gasteiger partial charge in [-0.25, -0.2) is 8.42 Å². The summed E-state index contributed by atoms with van der Waals surface area (Å²) in [4.78, 5) is 4.51. The molecule has 9 heteroatoms. The van der Waals surface area contributed by atoms with Crippen LogP contribution < -0.4 is 10.6 Å². The van der Waals surface area contributed by atoms with Crippen molar-refractivity contribution in [1.29, 1.82) is 0 Å². The van der Waals surface area contributed by atoms with Crippen LogP contribution in [0.1, 0.15) is 24.9 Å². The molecule has 28 heavy (non-hydrogen) atoms. The van der Waals surface area contributed by atoms with Crippen molar-refractivity contribution in [3.63, 3.8) is 0 Å². The van der Waals surface area contributed by atoms with Gasteiger partial charge in [0.15, 0.2) is 15.8 Å². The molecule has 0 saturated carbocycles. The second kappa shape index (κ2) is 11.8. The standard InChI is InChI=1S/C19H23Cl2N3O2S.HI/c1-14(17-10-9-15(20)13-18(17)21)24-19(22-2)23-11-6-12-27(25,26)16-7-4-3-5-8-16;/h3-5,7-10,13-14H,6,11-12H2,1-2H3,(H2,22,23,24);1H. The summed E-state index contributed by atoms with van der Waals surface area (Å²) in [5.74, 6) is 0.644. The first-order chi connectivity index (χ1) is 12.8. The average molecular weight is 556 g/mol. The molecule has 0 saturated heterocycles. The number of nitrogens with one attached hydrogen (secondary N) is 2. The lowest BCUT2D eigenvalue weighted by Crippen LogP contribution is -2.39. The maximum Gasteiger partial charge on any atom is 0.191 e. The van der Waals surface area contributed by atoms with Gasteiger partial charge in [-0.05, 0) is 43.2 Å². The predicted octanol–water partition coefficient (Wildman–Crippen LogP) is 4.70. The SMILES string of the molecule is CN=C(NCCCS(=O)(=O)c1ccccc1)NC(C)c1ccc(Cl)cc1Cl.I. The van der Waals surface area contributed by atoms with Gasteiger partial charge >= 0.3 is 0 Å². The average Bonchev–Trinajstić information content (AvgIpc) is 2.64. The summed E-state index contributed by atoms with van der Waals surface area (Å²) in [7, 11) is -1.61. The summed E-state index contributed by atoms with van der Waals surface area (Å²) in [5.41, 5.74) is 0.899. The van der Waals surface area contributed by atoms with Crippen LogP contribution in [0.25, 0.3) is 0 Å². The molecular weight excluding hydrogens is 532 g/mol. The van der Waals surface area contributed by atoms with Crippen molar-refractivity contribution in [3.05, 3.63) is 64.1 Å². The zero-order valence-electron chi connectivity index (χ0n) is 15.7. The monoisotopic (exact) mass is 555 g/mol. The first-order valence-corrected chi connectivity index (χ1v) is 10.9. The summed E-state index contributed by atoms with van der Waals surface area (Å²) in [5, 5.41) is 7.52. The number of rotatable bonds is 7. The third kappa shape index (κ3) is 7.42. The Bertz CT molecular complexity index is 893. The van der Waals surface area contributed by atoms with Gasteiger partial charge < -0.3 is 10.6 Å². The van der Waals surface area contributed by atoms with E-state index in [9.17, 15) is 8.42 Å². The van der Waals surface area contributed by atoms with Crippen LogP contribution in [0.15, 0.2) is 58.4 Å². The van der Waals surface area contributed by atoms with E-state index in [0.717, 1.165) is 5.56 Å². The smallest absolute Gasteiger partial charge is 0.191 e. The number of aliphatic imine (C=N–C) groups is 1. The molecular formula is C19H24Cl2IN3O2S. The fraction of sp³-hybridized carbons (Fsp3) is 0.316. The normalized spacial score (nSPS) is 12.8. The van der Waals surface area contributed by atoms with Crippen molar-refractivity contribution < 1.29 is 8.42 Å². The highest BCUT2D eigenvalue weighted by Gasteiger charge is 2.14. The highest BCUT2D eigenvalue weighted by molar-refractivity contribution is 14.0. The molecule has 0 spiro atoms. The molecule has 5 nitrogen and oxygen atoms in total. The van der Waals surface area contributed by atoms with Gasteiger partial charge in [-0.2, -0.15) is 0 Å². The van der Waals surface area contributed by atoms with Gasteiger partial charge in [0, 0.05) is 23.6 Å². The van der Waals surface area contributed by atoms with Crippen LogP contribution in [0.3, 0.4) is 0 Å². The number of halogens is 3. The molecule has 2 aromatic carbocycles. The minimum absolute atomic E-state index is 0. The van der Waals surface area contributed by atoms with E-state index in [1.54, 1.807) is 49.5 Å². The lowest BCUT2D eigenvalue weighted by atomic mass is 10.1. The Balaban J connectivity index is 0.00000392. The van der Waals surface area contributed by atoms with E-state index in [2.05, 4.69) is 15.6 Å². The molecule has 0 aliphatic rings. The van der Waals surface area contributed by atoms with Gasteiger partial charge in [0.25, 0.3) is 0 Å². The highest BCUT2D eigenvalue weighted by atomic mass is 127. The molecule has 0 heterocycles. The van der Waals surface area contributed by atoms with Crippen LogP contribution >= 0.6 is 47.2 Å². The van der Waals surface area contributed by atoms with Crippen molar-refractivity contribution >= 4 is 63.0 Å². The summed E-state index contributed by atoms with van der Waals surface area (Å²) < 4.78 is 24.6. The molecule has 0 aliphatic heterocycles. The molecule has 0 aliphatic carbocycles. The molecule has 154 valence electrons. The lowest BCUT2D eigenvalue weighted by molar-refractivity contribution is 0.592. The van der Waals surface area contributed by atoms with Crippen LogP contribution in [0.4, 0.5) is 0 Å². The van der Waals surface area contributed by atoms with Crippen molar-refractivity contribution in [1.82, 2.24) is 10.6 Å². The van der Waals surface area contributed by atoms with E-state index in [0.29, 0.717) is 33.9 Å². The largest absolute Gasteiger partial charge is 0.356 e. The van der Waals surface area contributed by atoms with Crippen molar-refractivity contribution in [2.75, 3.05) is 19.3 Å². The van der Waals surface area contributed by atoms with E-state index < -0.39 is 9.84 Å². The van der Waals surface area contributed by atoms with Crippen LogP contribution in [0, 0.1) is 0 Å². The Morgan fingerprint density at radius 1 is 1.14 bits per heavy atom. The first-order valence-electron chi connectivity index (χ1n) is 8.53. The number of hydrogen-bond donors (Lipinski definition) is 2. The molecule has 1 unspecified atom stereocenters.